The molecule has 5 fully saturated rings. The normalized spacial score (nSPS) is 27.1. The van der Waals surface area contributed by atoms with E-state index in [-0.39, 0.29) is 25.4 Å². The first kappa shape index (κ1) is 42.6. The molecule has 2 saturated heterocycles. The maximum Gasteiger partial charge on any atom is 0.318 e. The lowest BCUT2D eigenvalue weighted by molar-refractivity contribution is -0.141. The van der Waals surface area contributed by atoms with E-state index in [9.17, 15) is 27.6 Å². The number of likely N-dealkylation sites (tertiary alicyclic amines) is 1. The van der Waals surface area contributed by atoms with Crippen LogP contribution in [0.3, 0.4) is 0 Å². The van der Waals surface area contributed by atoms with Crippen LogP contribution in [0, 0.1) is 5.92 Å². The second-order valence-corrected chi connectivity index (χ2v) is 20.8. The lowest BCUT2D eigenvalue weighted by atomic mass is 10.0. The Bertz CT molecular complexity index is 2440. The standard InChI is InChI=1S/C44H52ClN7O8S2/c1-25-16-18-51(19-17-25)43(56)48-31-9-7-5-3-4-6-8-27-22-44(27,42(55)50-62(57,58)29-12-13-29)49-39(53)34-20-28(23-52(34)41(31)54)60-36-21-32(40-47-33(24-61-40)26-10-11-26)46-38-30(36)14-15-35(59-2)37(38)45/h6,8,14-15,21,24,26-29,31,34H,1,3-5,7,9-13,16-20,22-23H2,2H3,(H,48,56)(H,49,53)(H,50,55)/t27-,28-,31+,34+,44-/m1/s1. The first-order chi connectivity index (χ1) is 29.8. The Morgan fingerprint density at radius 2 is 1.84 bits per heavy atom. The van der Waals surface area contributed by atoms with Gasteiger partial charge < -0.3 is 29.9 Å². The number of pyridine rings is 1. The number of hydrogen-bond acceptors (Lipinski definition) is 11. The van der Waals surface area contributed by atoms with Crippen molar-refractivity contribution in [1.82, 2.24) is 35.1 Å². The number of halogens is 1. The average Bonchev–Trinajstić information content (AvgIpc) is 4.21. The lowest BCUT2D eigenvalue weighted by Gasteiger charge is -2.32. The van der Waals surface area contributed by atoms with E-state index in [1.54, 1.807) is 23.1 Å². The highest BCUT2D eigenvalue weighted by molar-refractivity contribution is 7.91. The van der Waals surface area contributed by atoms with Gasteiger partial charge in [-0.3, -0.25) is 19.1 Å². The molecule has 330 valence electrons. The van der Waals surface area contributed by atoms with Crippen LogP contribution in [0.4, 0.5) is 4.79 Å². The van der Waals surface area contributed by atoms with Crippen LogP contribution in [0.2, 0.25) is 5.02 Å². The van der Waals surface area contributed by atoms with Gasteiger partial charge in [-0.15, -0.1) is 11.3 Å². The van der Waals surface area contributed by atoms with Crippen LogP contribution in [0.15, 0.2) is 47.9 Å². The number of rotatable bonds is 9. The molecule has 5 atom stereocenters. The Kier molecular flexibility index (Phi) is 11.7. The van der Waals surface area contributed by atoms with Gasteiger partial charge >= 0.3 is 6.03 Å². The van der Waals surface area contributed by atoms with Crippen LogP contribution >= 0.6 is 22.9 Å². The molecule has 1 aromatic carbocycles. The van der Waals surface area contributed by atoms with Crippen LogP contribution in [0.1, 0.15) is 95.1 Å². The number of carbonyl (C=O) groups excluding carboxylic acids is 4. The molecule has 5 amide bonds. The number of allylic oxidation sites excluding steroid dienone is 1. The second kappa shape index (κ2) is 17.1. The first-order valence-electron chi connectivity index (χ1n) is 21.7. The Balaban J connectivity index is 1.05. The molecule has 15 nitrogen and oxygen atoms in total. The van der Waals surface area contributed by atoms with Gasteiger partial charge in [-0.05, 0) is 76.3 Å². The number of thiazole rings is 1. The van der Waals surface area contributed by atoms with Crippen LogP contribution in [-0.4, -0.2) is 108 Å². The van der Waals surface area contributed by atoms with Crippen molar-refractivity contribution in [3.8, 4) is 22.2 Å². The number of carbonyl (C=O) groups is 4. The van der Waals surface area contributed by atoms with Crippen molar-refractivity contribution in [2.45, 2.75) is 118 Å². The van der Waals surface area contributed by atoms with E-state index in [0.717, 1.165) is 37.0 Å². The molecule has 3 aromatic rings. The molecule has 0 bridgehead atoms. The second-order valence-electron chi connectivity index (χ2n) is 17.6. The van der Waals surface area contributed by atoms with Crippen molar-refractivity contribution < 1.29 is 37.1 Å². The van der Waals surface area contributed by atoms with Gasteiger partial charge in [-0.2, -0.15) is 0 Å². The Morgan fingerprint density at radius 3 is 2.58 bits per heavy atom. The van der Waals surface area contributed by atoms with Crippen molar-refractivity contribution in [1.29, 1.82) is 0 Å². The van der Waals surface area contributed by atoms with Gasteiger partial charge in [-0.1, -0.05) is 48.7 Å². The highest BCUT2D eigenvalue weighted by Crippen LogP contribution is 2.47. The summed E-state index contributed by atoms with van der Waals surface area (Å²) in [5.74, 6) is -0.989. The molecule has 18 heteroatoms. The molecule has 6 aliphatic rings. The lowest BCUT2D eigenvalue weighted by Crippen LogP contribution is -2.59. The van der Waals surface area contributed by atoms with E-state index >= 15 is 0 Å². The Hall–Kier alpha value is -4.74. The zero-order chi connectivity index (χ0) is 43.3. The van der Waals surface area contributed by atoms with Crippen molar-refractivity contribution in [2.75, 3.05) is 26.7 Å². The van der Waals surface area contributed by atoms with Gasteiger partial charge in [0.25, 0.3) is 5.91 Å². The molecular formula is C44H52ClN7O8S2. The minimum atomic E-state index is -3.92. The SMILES string of the molecule is C=C1CCN(C(=O)N[C@H]2CCCCCC=C[C@@H]3C[C@@]3(C(=O)NS(=O)(=O)C3CC3)NC(=O)[C@@H]3C[C@@H](Oc4cc(-c5nc(C6CC6)cs5)nc5c(Cl)c(OC)ccc45)CN3C2=O)CC1. The Labute approximate surface area is 370 Å². The number of ether oxygens (including phenoxy) is 2. The minimum Gasteiger partial charge on any atom is -0.495 e. The summed E-state index contributed by atoms with van der Waals surface area (Å²) < 4.78 is 40.6. The molecule has 0 radical (unpaired) electrons. The van der Waals surface area contributed by atoms with E-state index in [0.29, 0.717) is 102 Å². The zero-order valence-electron chi connectivity index (χ0n) is 34.7. The topological polar surface area (TPSA) is 189 Å². The van der Waals surface area contributed by atoms with Crippen molar-refractivity contribution in [2.24, 2.45) is 5.92 Å². The smallest absolute Gasteiger partial charge is 0.318 e. The number of urea groups is 1. The predicted molar refractivity (Wildman–Crippen MR) is 234 cm³/mol. The highest BCUT2D eigenvalue weighted by Gasteiger charge is 2.62. The number of methoxy groups -OCH3 is 1. The molecule has 9 rings (SSSR count). The fourth-order valence-electron chi connectivity index (χ4n) is 8.84. The number of sulfonamides is 1. The summed E-state index contributed by atoms with van der Waals surface area (Å²) in [6.07, 6.45) is 11.1. The van der Waals surface area contributed by atoms with Gasteiger partial charge in [0.15, 0.2) is 0 Å². The summed E-state index contributed by atoms with van der Waals surface area (Å²) >= 11 is 8.36. The number of amides is 5. The molecular weight excluding hydrogens is 854 g/mol. The number of nitrogens with one attached hydrogen (secondary N) is 3. The molecule has 62 heavy (non-hydrogen) atoms. The first-order valence-corrected chi connectivity index (χ1v) is 24.5. The number of benzene rings is 1. The summed E-state index contributed by atoms with van der Waals surface area (Å²) in [7, 11) is -2.39. The predicted octanol–water partition coefficient (Wildman–Crippen LogP) is 5.98. The molecule has 0 unspecified atom stereocenters. The van der Waals surface area contributed by atoms with E-state index < -0.39 is 62.6 Å². The quantitative estimate of drug-likeness (QED) is 0.216. The summed E-state index contributed by atoms with van der Waals surface area (Å²) in [6.45, 7) is 5.02. The number of fused-ring (bicyclic) bond motifs is 3. The van der Waals surface area contributed by atoms with Crippen LogP contribution in [0.25, 0.3) is 21.6 Å². The maximum atomic E-state index is 14.9. The van der Waals surface area contributed by atoms with E-state index in [1.807, 2.05) is 17.5 Å². The van der Waals surface area contributed by atoms with Crippen LogP contribution in [0.5, 0.6) is 11.5 Å². The summed E-state index contributed by atoms with van der Waals surface area (Å²) in [4.78, 5) is 70.2. The van der Waals surface area contributed by atoms with Crippen molar-refractivity contribution in [3.05, 3.63) is 58.6 Å². The molecule has 5 heterocycles. The van der Waals surface area contributed by atoms with Gasteiger partial charge in [-0.25, -0.2) is 23.2 Å². The van der Waals surface area contributed by atoms with Crippen LogP contribution in [-0.2, 0) is 24.4 Å². The molecule has 0 spiro atoms. The van der Waals surface area contributed by atoms with E-state index in [4.69, 9.17) is 31.0 Å². The number of hydrogen-bond donors (Lipinski definition) is 3. The van der Waals surface area contributed by atoms with Gasteiger partial charge in [0.2, 0.25) is 21.8 Å². The van der Waals surface area contributed by atoms with Crippen molar-refractivity contribution in [3.63, 3.8) is 0 Å². The summed E-state index contributed by atoms with van der Waals surface area (Å²) in [6, 6.07) is 2.91. The summed E-state index contributed by atoms with van der Waals surface area (Å²) in [5.41, 5.74) is 1.56. The average molecular weight is 907 g/mol. The molecule has 3 saturated carbocycles. The molecule has 2 aromatic heterocycles. The zero-order valence-corrected chi connectivity index (χ0v) is 37.1. The van der Waals surface area contributed by atoms with Gasteiger partial charge in [0, 0.05) is 48.2 Å². The third-order valence-corrected chi connectivity index (χ3v) is 16.1. The minimum absolute atomic E-state index is 0.0163. The van der Waals surface area contributed by atoms with E-state index in [1.165, 1.54) is 23.3 Å². The van der Waals surface area contributed by atoms with E-state index in [2.05, 4.69) is 21.9 Å². The molecule has 3 N–H and O–H groups in total. The number of piperidine rings is 1. The van der Waals surface area contributed by atoms with Gasteiger partial charge in [0.05, 0.1) is 30.1 Å². The molecule has 3 aliphatic heterocycles. The third kappa shape index (κ3) is 8.76. The number of aromatic nitrogens is 2. The maximum absolute atomic E-state index is 14.9. The van der Waals surface area contributed by atoms with Gasteiger partial charge in [0.1, 0.15) is 50.9 Å². The Morgan fingerprint density at radius 1 is 1.05 bits per heavy atom. The number of nitrogens with zero attached hydrogens (tertiary/aromatic N) is 4. The largest absolute Gasteiger partial charge is 0.495 e. The summed E-state index contributed by atoms with van der Waals surface area (Å²) in [5, 5.41) is 8.94. The molecule has 3 aliphatic carbocycles. The monoisotopic (exact) mass is 905 g/mol. The highest BCUT2D eigenvalue weighted by atomic mass is 35.5. The van der Waals surface area contributed by atoms with Crippen molar-refractivity contribution >= 4 is 67.6 Å². The third-order valence-electron chi connectivity index (χ3n) is 13.0. The fraction of sp³-hybridized carbons (Fsp3) is 0.545. The van der Waals surface area contributed by atoms with Crippen LogP contribution < -0.4 is 24.8 Å². The fourth-order valence-corrected chi connectivity index (χ4v) is 11.3.